The summed E-state index contributed by atoms with van der Waals surface area (Å²) < 4.78 is 2.14. The Kier molecular flexibility index (Phi) is 2.95. The molecule has 0 saturated heterocycles. The van der Waals surface area contributed by atoms with Gasteiger partial charge in [-0.2, -0.15) is 0 Å². The second-order valence-corrected chi connectivity index (χ2v) is 3.94. The van der Waals surface area contributed by atoms with Gasteiger partial charge in [0.1, 0.15) is 0 Å². The Hall–Kier alpha value is -1.77. The van der Waals surface area contributed by atoms with Gasteiger partial charge in [-0.1, -0.05) is 24.3 Å². The molecular formula is C13H17N3. The van der Waals surface area contributed by atoms with Crippen molar-refractivity contribution in [1.29, 1.82) is 0 Å². The minimum atomic E-state index is 0.297. The molecule has 1 atom stereocenters. The van der Waals surface area contributed by atoms with Gasteiger partial charge in [-0.15, -0.1) is 0 Å². The lowest BCUT2D eigenvalue weighted by Gasteiger charge is -2.18. The summed E-state index contributed by atoms with van der Waals surface area (Å²) in [5, 5.41) is 3.10. The monoisotopic (exact) mass is 215 g/mol. The lowest BCUT2D eigenvalue weighted by molar-refractivity contribution is 0.642. The molecule has 1 N–H and O–H groups in total. The van der Waals surface area contributed by atoms with Gasteiger partial charge >= 0.3 is 0 Å². The van der Waals surface area contributed by atoms with Crippen LogP contribution in [0.1, 0.15) is 24.1 Å². The van der Waals surface area contributed by atoms with Crippen molar-refractivity contribution in [2.75, 3.05) is 12.4 Å². The third kappa shape index (κ3) is 1.81. The molecule has 1 heterocycles. The van der Waals surface area contributed by atoms with E-state index in [-0.39, 0.29) is 0 Å². The molecule has 0 saturated carbocycles. The Bertz CT molecular complexity index is 474. The summed E-state index contributed by atoms with van der Waals surface area (Å²) in [5.41, 5.74) is 2.64. The number of hydrogen-bond donors (Lipinski definition) is 1. The molecule has 1 unspecified atom stereocenters. The zero-order chi connectivity index (χ0) is 11.5. The second kappa shape index (κ2) is 4.39. The molecule has 1 aromatic heterocycles. The van der Waals surface area contributed by atoms with Gasteiger partial charge in [-0.3, -0.25) is 0 Å². The number of nitrogens with one attached hydrogen (secondary N) is 1. The summed E-state index contributed by atoms with van der Waals surface area (Å²) in [6.45, 7) is 4.33. The van der Waals surface area contributed by atoms with Crippen molar-refractivity contribution in [3.63, 3.8) is 0 Å². The average molecular weight is 215 g/mol. The Balaban J connectivity index is 2.39. The number of aryl methyl sites for hydroxylation is 1. The van der Waals surface area contributed by atoms with Crippen molar-refractivity contribution in [1.82, 2.24) is 9.55 Å². The lowest BCUT2D eigenvalue weighted by atomic mass is 10.0. The quantitative estimate of drug-likeness (QED) is 0.853. The van der Waals surface area contributed by atoms with E-state index >= 15 is 0 Å². The van der Waals surface area contributed by atoms with E-state index < -0.39 is 0 Å². The van der Waals surface area contributed by atoms with E-state index in [1.165, 1.54) is 11.1 Å². The number of rotatable bonds is 3. The van der Waals surface area contributed by atoms with Gasteiger partial charge in [0.2, 0.25) is 5.95 Å². The van der Waals surface area contributed by atoms with Gasteiger partial charge in [0, 0.05) is 19.4 Å². The van der Waals surface area contributed by atoms with Gasteiger partial charge in [-0.05, 0) is 25.0 Å². The summed E-state index contributed by atoms with van der Waals surface area (Å²) in [7, 11) is 1.89. The minimum absolute atomic E-state index is 0.297. The lowest BCUT2D eigenvalue weighted by Crippen LogP contribution is -2.10. The third-order valence-electron chi connectivity index (χ3n) is 2.95. The third-order valence-corrected chi connectivity index (χ3v) is 2.95. The van der Waals surface area contributed by atoms with Crippen LogP contribution in [0, 0.1) is 6.92 Å². The maximum atomic E-state index is 4.26. The summed E-state index contributed by atoms with van der Waals surface area (Å²) in [5.74, 6) is 0.899. The van der Waals surface area contributed by atoms with Gasteiger partial charge in [0.05, 0.1) is 6.04 Å². The van der Waals surface area contributed by atoms with E-state index in [4.69, 9.17) is 0 Å². The van der Waals surface area contributed by atoms with E-state index in [1.54, 1.807) is 0 Å². The second-order valence-electron chi connectivity index (χ2n) is 3.94. The number of hydrogen-bond acceptors (Lipinski definition) is 2. The van der Waals surface area contributed by atoms with E-state index in [9.17, 15) is 0 Å². The summed E-state index contributed by atoms with van der Waals surface area (Å²) in [6, 6.07) is 8.75. The van der Waals surface area contributed by atoms with Gasteiger partial charge in [-0.25, -0.2) is 4.98 Å². The van der Waals surface area contributed by atoms with Crippen LogP contribution in [0.25, 0.3) is 0 Å². The summed E-state index contributed by atoms with van der Waals surface area (Å²) in [4.78, 5) is 4.26. The normalized spacial score (nSPS) is 12.4. The van der Waals surface area contributed by atoms with Crippen LogP contribution in [0.5, 0.6) is 0 Å². The SMILES string of the molecule is CNc1nccn1C(C)c1ccccc1C. The van der Waals surface area contributed by atoms with Gasteiger partial charge in [0.15, 0.2) is 0 Å². The van der Waals surface area contributed by atoms with E-state index in [0.29, 0.717) is 6.04 Å². The first-order valence-corrected chi connectivity index (χ1v) is 5.50. The fraction of sp³-hybridized carbons (Fsp3) is 0.308. The molecule has 3 nitrogen and oxygen atoms in total. The molecule has 0 aliphatic heterocycles. The highest BCUT2D eigenvalue weighted by atomic mass is 15.2. The predicted molar refractivity (Wildman–Crippen MR) is 66.8 cm³/mol. The molecule has 0 amide bonds. The van der Waals surface area contributed by atoms with Crippen molar-refractivity contribution in [2.45, 2.75) is 19.9 Å². The maximum absolute atomic E-state index is 4.26. The first-order chi connectivity index (χ1) is 7.74. The Morgan fingerprint density at radius 3 is 2.75 bits per heavy atom. The van der Waals surface area contributed by atoms with E-state index in [2.05, 4.69) is 53.0 Å². The number of imidazole rings is 1. The van der Waals surface area contributed by atoms with E-state index in [1.807, 2.05) is 19.4 Å². The zero-order valence-corrected chi connectivity index (χ0v) is 9.94. The summed E-state index contributed by atoms with van der Waals surface area (Å²) in [6.07, 6.45) is 3.82. The smallest absolute Gasteiger partial charge is 0.203 e. The molecule has 0 fully saturated rings. The number of nitrogens with zero attached hydrogens (tertiary/aromatic N) is 2. The highest BCUT2D eigenvalue weighted by Crippen LogP contribution is 2.23. The molecule has 2 aromatic rings. The van der Waals surface area contributed by atoms with Crippen LogP contribution in [0.4, 0.5) is 5.95 Å². The van der Waals surface area contributed by atoms with E-state index in [0.717, 1.165) is 5.95 Å². The van der Waals surface area contributed by atoms with Crippen LogP contribution in [0.15, 0.2) is 36.7 Å². The molecule has 16 heavy (non-hydrogen) atoms. The zero-order valence-electron chi connectivity index (χ0n) is 9.94. The molecule has 1 aromatic carbocycles. The van der Waals surface area contributed by atoms with Crippen LogP contribution < -0.4 is 5.32 Å². The topological polar surface area (TPSA) is 29.9 Å². The van der Waals surface area contributed by atoms with Crippen molar-refractivity contribution in [2.24, 2.45) is 0 Å². The predicted octanol–water partition coefficient (Wildman–Crippen LogP) is 2.84. The highest BCUT2D eigenvalue weighted by molar-refractivity contribution is 5.33. The van der Waals surface area contributed by atoms with Crippen molar-refractivity contribution < 1.29 is 0 Å². The summed E-state index contributed by atoms with van der Waals surface area (Å²) >= 11 is 0. The van der Waals surface area contributed by atoms with Crippen molar-refractivity contribution in [3.05, 3.63) is 47.8 Å². The van der Waals surface area contributed by atoms with Crippen LogP contribution in [0.3, 0.4) is 0 Å². The molecule has 84 valence electrons. The Labute approximate surface area is 96.1 Å². The molecule has 0 aliphatic rings. The molecule has 0 bridgehead atoms. The average Bonchev–Trinajstić information content (AvgIpc) is 2.77. The molecule has 0 radical (unpaired) electrons. The highest BCUT2D eigenvalue weighted by Gasteiger charge is 2.12. The first kappa shape index (κ1) is 10.7. The minimum Gasteiger partial charge on any atom is -0.359 e. The largest absolute Gasteiger partial charge is 0.359 e. The first-order valence-electron chi connectivity index (χ1n) is 5.50. The molecule has 0 spiro atoms. The standard InChI is InChI=1S/C13H17N3/c1-10-6-4-5-7-12(10)11(2)16-9-8-15-13(16)14-3/h4-9,11H,1-3H3,(H,14,15). The van der Waals surface area contributed by atoms with Crippen LogP contribution >= 0.6 is 0 Å². The number of anilines is 1. The molecular weight excluding hydrogens is 198 g/mol. The fourth-order valence-corrected chi connectivity index (χ4v) is 2.02. The van der Waals surface area contributed by atoms with Crippen LogP contribution in [0.2, 0.25) is 0 Å². The van der Waals surface area contributed by atoms with Crippen LogP contribution in [-0.2, 0) is 0 Å². The van der Waals surface area contributed by atoms with Gasteiger partial charge in [0.25, 0.3) is 0 Å². The molecule has 0 aliphatic carbocycles. The number of aromatic nitrogens is 2. The molecule has 2 rings (SSSR count). The Morgan fingerprint density at radius 1 is 1.31 bits per heavy atom. The van der Waals surface area contributed by atoms with Crippen LogP contribution in [-0.4, -0.2) is 16.6 Å². The molecule has 3 heteroatoms. The van der Waals surface area contributed by atoms with Crippen molar-refractivity contribution in [3.8, 4) is 0 Å². The van der Waals surface area contributed by atoms with Gasteiger partial charge < -0.3 is 9.88 Å². The Morgan fingerprint density at radius 2 is 2.06 bits per heavy atom. The maximum Gasteiger partial charge on any atom is 0.203 e. The number of benzene rings is 1. The van der Waals surface area contributed by atoms with Crippen molar-refractivity contribution >= 4 is 5.95 Å². The fourth-order valence-electron chi connectivity index (χ4n) is 2.02.